The van der Waals surface area contributed by atoms with Crippen molar-refractivity contribution in [1.29, 1.82) is 0 Å². The van der Waals surface area contributed by atoms with Crippen molar-refractivity contribution >= 4 is 11.9 Å². The molecule has 0 bridgehead atoms. The molecule has 8 heteroatoms. The van der Waals surface area contributed by atoms with Crippen LogP contribution in [0.1, 0.15) is 31.8 Å². The summed E-state index contributed by atoms with van der Waals surface area (Å²) in [5.41, 5.74) is 1.98. The van der Waals surface area contributed by atoms with Gasteiger partial charge in [-0.15, -0.1) is 0 Å². The standard InChI is InChI=1S/2C11H14O4/c2*1-8-7-9(15-6-5-14-2)3-4-10(8)11(12)13/h2*3-4,7H,5-6H2,1-2H3,(H,12,13). The van der Waals surface area contributed by atoms with Gasteiger partial charge in [-0.05, 0) is 61.4 Å². The summed E-state index contributed by atoms with van der Waals surface area (Å²) >= 11 is 0. The van der Waals surface area contributed by atoms with Crippen LogP contribution in [0.25, 0.3) is 0 Å². The quantitative estimate of drug-likeness (QED) is 0.562. The summed E-state index contributed by atoms with van der Waals surface area (Å²) < 4.78 is 20.4. The van der Waals surface area contributed by atoms with Crippen LogP contribution < -0.4 is 9.47 Å². The van der Waals surface area contributed by atoms with Crippen LogP contribution in [0, 0.1) is 13.8 Å². The number of aryl methyl sites for hydroxylation is 2. The van der Waals surface area contributed by atoms with Crippen LogP contribution in [0.2, 0.25) is 0 Å². The Balaban J connectivity index is 0.000000300. The van der Waals surface area contributed by atoms with E-state index in [0.29, 0.717) is 60.2 Å². The van der Waals surface area contributed by atoms with E-state index in [1.54, 1.807) is 64.5 Å². The molecule has 0 aliphatic heterocycles. The van der Waals surface area contributed by atoms with Crippen LogP contribution in [0.5, 0.6) is 11.5 Å². The second-order valence-electron chi connectivity index (χ2n) is 6.25. The van der Waals surface area contributed by atoms with E-state index in [4.69, 9.17) is 29.2 Å². The van der Waals surface area contributed by atoms with E-state index in [1.165, 1.54) is 0 Å². The number of methoxy groups -OCH3 is 2. The van der Waals surface area contributed by atoms with E-state index in [2.05, 4.69) is 0 Å². The van der Waals surface area contributed by atoms with Crippen molar-refractivity contribution in [1.82, 2.24) is 0 Å². The van der Waals surface area contributed by atoms with E-state index in [1.807, 2.05) is 0 Å². The molecule has 0 saturated heterocycles. The van der Waals surface area contributed by atoms with Crippen LogP contribution >= 0.6 is 0 Å². The summed E-state index contributed by atoms with van der Waals surface area (Å²) in [6, 6.07) is 9.79. The topological polar surface area (TPSA) is 112 Å². The number of rotatable bonds is 10. The van der Waals surface area contributed by atoms with Crippen molar-refractivity contribution in [2.24, 2.45) is 0 Å². The number of aromatic carboxylic acids is 2. The fraction of sp³-hybridized carbons (Fsp3) is 0.364. The van der Waals surface area contributed by atoms with Crippen LogP contribution in [-0.4, -0.2) is 62.8 Å². The molecule has 0 amide bonds. The molecule has 30 heavy (non-hydrogen) atoms. The van der Waals surface area contributed by atoms with Gasteiger partial charge in [0.2, 0.25) is 0 Å². The van der Waals surface area contributed by atoms with Gasteiger partial charge >= 0.3 is 11.9 Å². The zero-order chi connectivity index (χ0) is 22.5. The van der Waals surface area contributed by atoms with Crippen molar-refractivity contribution in [3.63, 3.8) is 0 Å². The molecule has 2 aromatic rings. The highest BCUT2D eigenvalue weighted by atomic mass is 16.5. The molecule has 8 nitrogen and oxygen atoms in total. The van der Waals surface area contributed by atoms with Gasteiger partial charge in [0.1, 0.15) is 24.7 Å². The Morgan fingerprint density at radius 1 is 0.700 bits per heavy atom. The third kappa shape index (κ3) is 8.50. The fourth-order valence-corrected chi connectivity index (χ4v) is 2.42. The van der Waals surface area contributed by atoms with Crippen LogP contribution in [0.4, 0.5) is 0 Å². The van der Waals surface area contributed by atoms with Gasteiger partial charge in [0, 0.05) is 14.2 Å². The lowest BCUT2D eigenvalue weighted by Crippen LogP contribution is -2.05. The average Bonchev–Trinajstić information content (AvgIpc) is 2.68. The predicted octanol–water partition coefficient (Wildman–Crippen LogP) is 3.44. The minimum Gasteiger partial charge on any atom is -0.491 e. The van der Waals surface area contributed by atoms with Gasteiger partial charge in [-0.25, -0.2) is 9.59 Å². The van der Waals surface area contributed by atoms with E-state index in [0.717, 1.165) is 0 Å². The number of benzene rings is 2. The molecule has 0 aromatic heterocycles. The van der Waals surface area contributed by atoms with Crippen LogP contribution in [0.15, 0.2) is 36.4 Å². The zero-order valence-corrected chi connectivity index (χ0v) is 17.6. The van der Waals surface area contributed by atoms with E-state index >= 15 is 0 Å². The molecule has 0 unspecified atom stereocenters. The first kappa shape index (κ1) is 24.9. The smallest absolute Gasteiger partial charge is 0.335 e. The number of hydrogen-bond acceptors (Lipinski definition) is 6. The van der Waals surface area contributed by atoms with Crippen LogP contribution in [0.3, 0.4) is 0 Å². The molecular weight excluding hydrogens is 392 g/mol. The maximum atomic E-state index is 10.7. The summed E-state index contributed by atoms with van der Waals surface area (Å²) in [6.07, 6.45) is 0. The SMILES string of the molecule is COCCOc1ccc(C(=O)O)c(C)c1.COCCOc1ccc(C(=O)O)c(C)c1. The van der Waals surface area contributed by atoms with Crippen molar-refractivity contribution in [2.75, 3.05) is 40.6 Å². The maximum Gasteiger partial charge on any atom is 0.335 e. The third-order valence-electron chi connectivity index (χ3n) is 3.97. The fourth-order valence-electron chi connectivity index (χ4n) is 2.42. The highest BCUT2D eigenvalue weighted by molar-refractivity contribution is 5.90. The molecule has 0 radical (unpaired) electrons. The second-order valence-corrected chi connectivity index (χ2v) is 6.25. The average molecular weight is 420 g/mol. The van der Waals surface area contributed by atoms with Gasteiger partial charge in [-0.1, -0.05) is 0 Å². The number of ether oxygens (including phenoxy) is 4. The first-order valence-electron chi connectivity index (χ1n) is 9.21. The Morgan fingerprint density at radius 3 is 1.33 bits per heavy atom. The first-order valence-corrected chi connectivity index (χ1v) is 9.21. The lowest BCUT2D eigenvalue weighted by atomic mass is 10.1. The maximum absolute atomic E-state index is 10.7. The van der Waals surface area contributed by atoms with Gasteiger partial charge < -0.3 is 29.2 Å². The number of carboxylic acids is 2. The Kier molecular flexibility index (Phi) is 11.0. The Morgan fingerprint density at radius 2 is 1.07 bits per heavy atom. The second kappa shape index (κ2) is 13.2. The largest absolute Gasteiger partial charge is 0.491 e. The number of carboxylic acid groups (broad SMARTS) is 2. The third-order valence-corrected chi connectivity index (χ3v) is 3.97. The molecule has 0 heterocycles. The zero-order valence-electron chi connectivity index (χ0n) is 17.6. The minimum absolute atomic E-state index is 0.300. The Labute approximate surface area is 176 Å². The summed E-state index contributed by atoms with van der Waals surface area (Å²) in [7, 11) is 3.20. The highest BCUT2D eigenvalue weighted by Gasteiger charge is 2.08. The minimum atomic E-state index is -0.920. The molecule has 2 rings (SSSR count). The van der Waals surface area contributed by atoms with Gasteiger partial charge in [0.15, 0.2) is 0 Å². The van der Waals surface area contributed by atoms with Crippen molar-refractivity contribution in [3.05, 3.63) is 58.7 Å². The van der Waals surface area contributed by atoms with Gasteiger partial charge in [-0.2, -0.15) is 0 Å². The monoisotopic (exact) mass is 420 g/mol. The van der Waals surface area contributed by atoms with Crippen molar-refractivity contribution < 1.29 is 38.7 Å². The molecule has 0 fully saturated rings. The van der Waals surface area contributed by atoms with Crippen LogP contribution in [-0.2, 0) is 9.47 Å². The van der Waals surface area contributed by atoms with Gasteiger partial charge in [-0.3, -0.25) is 0 Å². The molecule has 0 saturated carbocycles. The summed E-state index contributed by atoms with van der Waals surface area (Å²) in [5, 5.41) is 17.6. The predicted molar refractivity (Wildman–Crippen MR) is 111 cm³/mol. The Bertz CT molecular complexity index is 762. The van der Waals surface area contributed by atoms with Crippen molar-refractivity contribution in [2.45, 2.75) is 13.8 Å². The first-order chi connectivity index (χ1) is 14.3. The highest BCUT2D eigenvalue weighted by Crippen LogP contribution is 2.18. The van der Waals surface area contributed by atoms with E-state index < -0.39 is 11.9 Å². The molecule has 164 valence electrons. The lowest BCUT2D eigenvalue weighted by Gasteiger charge is -2.07. The number of carbonyl (C=O) groups is 2. The van der Waals surface area contributed by atoms with Crippen molar-refractivity contribution in [3.8, 4) is 11.5 Å². The normalized spacial score (nSPS) is 10.0. The molecule has 0 aliphatic rings. The van der Waals surface area contributed by atoms with E-state index in [9.17, 15) is 9.59 Å². The van der Waals surface area contributed by atoms with Gasteiger partial charge in [0.05, 0.1) is 24.3 Å². The summed E-state index contributed by atoms with van der Waals surface area (Å²) in [4.78, 5) is 21.5. The molecular formula is C22H28O8. The molecule has 0 aliphatic carbocycles. The Hall–Kier alpha value is -3.10. The summed E-state index contributed by atoms with van der Waals surface area (Å²) in [5.74, 6) is -0.518. The number of hydrogen-bond donors (Lipinski definition) is 2. The molecule has 0 spiro atoms. The molecule has 2 aromatic carbocycles. The molecule has 2 N–H and O–H groups in total. The van der Waals surface area contributed by atoms with Gasteiger partial charge in [0.25, 0.3) is 0 Å². The van der Waals surface area contributed by atoms with E-state index in [-0.39, 0.29) is 0 Å². The lowest BCUT2D eigenvalue weighted by molar-refractivity contribution is 0.0685. The molecule has 0 atom stereocenters. The summed E-state index contributed by atoms with van der Waals surface area (Å²) in [6.45, 7) is 5.43.